The number of carbonyl (C=O) groups is 1. The van der Waals surface area contributed by atoms with Gasteiger partial charge in [-0.15, -0.1) is 0 Å². The molecule has 0 aliphatic heterocycles. The molecule has 1 aromatic rings. The Morgan fingerprint density at radius 1 is 0.422 bits per heavy atom. The van der Waals surface area contributed by atoms with Gasteiger partial charge in [0.05, 0.1) is 158 Å². The minimum absolute atomic E-state index is 0.250. The standard InChI is InChI=1S/C32H56O13/c1-2-45-32(33)8-9-34-10-11-35-12-13-36-14-15-37-16-17-38-18-19-39-20-21-40-22-23-41-24-25-42-26-27-43-28-29-44-30-31-6-4-3-5-7-31/h3-7H,2,8-30H2,1H3. The van der Waals surface area contributed by atoms with Gasteiger partial charge in [-0.3, -0.25) is 4.79 Å². The van der Waals surface area contributed by atoms with Gasteiger partial charge in [0.2, 0.25) is 0 Å². The van der Waals surface area contributed by atoms with Crippen LogP contribution in [0.3, 0.4) is 0 Å². The maximum Gasteiger partial charge on any atom is 0.308 e. The summed E-state index contributed by atoms with van der Waals surface area (Å²) in [6.45, 7) is 13.1. The molecule has 0 heterocycles. The Bertz CT molecular complexity index is 726. The summed E-state index contributed by atoms with van der Waals surface area (Å²) < 4.78 is 64.8. The molecule has 0 aliphatic carbocycles. The van der Waals surface area contributed by atoms with Gasteiger partial charge in [-0.05, 0) is 12.5 Å². The average molecular weight is 649 g/mol. The van der Waals surface area contributed by atoms with Gasteiger partial charge >= 0.3 is 5.97 Å². The van der Waals surface area contributed by atoms with E-state index in [-0.39, 0.29) is 12.4 Å². The Morgan fingerprint density at radius 2 is 0.711 bits per heavy atom. The Morgan fingerprint density at radius 3 is 1.02 bits per heavy atom. The molecule has 0 radical (unpaired) electrons. The third-order valence-electron chi connectivity index (χ3n) is 5.59. The number of carbonyl (C=O) groups excluding carboxylic acids is 1. The van der Waals surface area contributed by atoms with Crippen LogP contribution in [0.1, 0.15) is 18.9 Å². The van der Waals surface area contributed by atoms with E-state index in [1.807, 2.05) is 30.3 Å². The highest BCUT2D eigenvalue weighted by atomic mass is 16.6. The third-order valence-corrected chi connectivity index (χ3v) is 5.59. The van der Waals surface area contributed by atoms with Crippen molar-refractivity contribution in [2.24, 2.45) is 0 Å². The molecule has 0 unspecified atom stereocenters. The smallest absolute Gasteiger partial charge is 0.308 e. The fourth-order valence-corrected chi connectivity index (χ4v) is 3.35. The molecule has 0 saturated heterocycles. The minimum Gasteiger partial charge on any atom is -0.466 e. The van der Waals surface area contributed by atoms with Crippen LogP contribution in [0, 0.1) is 0 Å². The average Bonchev–Trinajstić information content (AvgIpc) is 3.05. The number of benzene rings is 1. The van der Waals surface area contributed by atoms with E-state index in [2.05, 4.69) is 0 Å². The molecule has 1 rings (SSSR count). The topological polar surface area (TPSA) is 128 Å². The van der Waals surface area contributed by atoms with Gasteiger partial charge in [0.25, 0.3) is 0 Å². The van der Waals surface area contributed by atoms with Crippen LogP contribution in [0.25, 0.3) is 0 Å². The molecule has 0 amide bonds. The zero-order valence-electron chi connectivity index (χ0n) is 27.2. The van der Waals surface area contributed by atoms with Crippen LogP contribution in [0.5, 0.6) is 0 Å². The first-order valence-corrected chi connectivity index (χ1v) is 15.9. The molecular weight excluding hydrogens is 592 g/mol. The summed E-state index contributed by atoms with van der Waals surface area (Å²) in [5.74, 6) is -0.250. The van der Waals surface area contributed by atoms with Crippen molar-refractivity contribution < 1.29 is 61.6 Å². The van der Waals surface area contributed by atoms with Crippen molar-refractivity contribution in [2.75, 3.05) is 145 Å². The van der Waals surface area contributed by atoms with E-state index in [0.717, 1.165) is 5.56 Å². The lowest BCUT2D eigenvalue weighted by Crippen LogP contribution is -2.15. The van der Waals surface area contributed by atoms with Crippen LogP contribution < -0.4 is 0 Å². The van der Waals surface area contributed by atoms with E-state index in [9.17, 15) is 4.79 Å². The summed E-state index contributed by atoms with van der Waals surface area (Å²) in [4.78, 5) is 11.1. The molecule has 0 fully saturated rings. The molecule has 0 spiro atoms. The molecule has 13 heteroatoms. The van der Waals surface area contributed by atoms with E-state index in [1.54, 1.807) is 6.92 Å². The van der Waals surface area contributed by atoms with Gasteiger partial charge in [0.1, 0.15) is 0 Å². The molecule has 1 aromatic carbocycles. The van der Waals surface area contributed by atoms with Gasteiger partial charge < -0.3 is 56.8 Å². The second-order valence-electron chi connectivity index (χ2n) is 9.22. The maximum absolute atomic E-state index is 11.1. The van der Waals surface area contributed by atoms with Crippen molar-refractivity contribution in [3.63, 3.8) is 0 Å². The molecule has 13 nitrogen and oxygen atoms in total. The van der Waals surface area contributed by atoms with E-state index < -0.39 is 0 Å². The highest BCUT2D eigenvalue weighted by molar-refractivity contribution is 5.69. The molecular formula is C32H56O13. The van der Waals surface area contributed by atoms with Crippen molar-refractivity contribution in [3.05, 3.63) is 35.9 Å². The number of rotatable bonds is 36. The van der Waals surface area contributed by atoms with Crippen LogP contribution in [-0.2, 0) is 68.2 Å². The lowest BCUT2D eigenvalue weighted by Gasteiger charge is -2.09. The molecule has 0 saturated carbocycles. The molecule has 0 aliphatic rings. The quantitative estimate of drug-likeness (QED) is 0.0781. The molecule has 0 bridgehead atoms. The normalized spacial score (nSPS) is 11.3. The predicted molar refractivity (Wildman–Crippen MR) is 166 cm³/mol. The van der Waals surface area contributed by atoms with E-state index in [0.29, 0.717) is 152 Å². The number of hydrogen-bond donors (Lipinski definition) is 0. The Labute approximate surface area is 268 Å². The van der Waals surface area contributed by atoms with Crippen molar-refractivity contribution in [1.29, 1.82) is 0 Å². The summed E-state index contributed by atoms with van der Waals surface area (Å²) >= 11 is 0. The zero-order chi connectivity index (χ0) is 32.1. The van der Waals surface area contributed by atoms with Gasteiger partial charge in [-0.25, -0.2) is 0 Å². The zero-order valence-corrected chi connectivity index (χ0v) is 27.2. The lowest BCUT2D eigenvalue weighted by molar-refractivity contribution is -0.144. The molecule has 0 aromatic heterocycles. The van der Waals surface area contributed by atoms with E-state index >= 15 is 0 Å². The number of ether oxygens (including phenoxy) is 12. The molecule has 262 valence electrons. The summed E-state index contributed by atoms with van der Waals surface area (Å²) in [5, 5.41) is 0. The SMILES string of the molecule is CCOC(=O)CCOCCOCCOCCOCCOCCOCCOCCOCCOCCOCCOCc1ccccc1. The fraction of sp³-hybridized carbons (Fsp3) is 0.781. The first-order valence-electron chi connectivity index (χ1n) is 15.9. The van der Waals surface area contributed by atoms with Crippen LogP contribution in [0.4, 0.5) is 0 Å². The van der Waals surface area contributed by atoms with E-state index in [1.165, 1.54) is 0 Å². The second kappa shape index (κ2) is 35.1. The third kappa shape index (κ3) is 32.0. The second-order valence-corrected chi connectivity index (χ2v) is 9.22. The van der Waals surface area contributed by atoms with Crippen LogP contribution >= 0.6 is 0 Å². The predicted octanol–water partition coefficient (Wildman–Crippen LogP) is 2.32. The molecule has 0 N–H and O–H groups in total. The lowest BCUT2D eigenvalue weighted by atomic mass is 10.2. The number of hydrogen-bond acceptors (Lipinski definition) is 13. The summed E-state index contributed by atoms with van der Waals surface area (Å²) in [5.41, 5.74) is 1.16. The Hall–Kier alpha value is -1.75. The van der Waals surface area contributed by atoms with Crippen molar-refractivity contribution >= 4 is 5.97 Å². The highest BCUT2D eigenvalue weighted by Gasteiger charge is 2.01. The van der Waals surface area contributed by atoms with Gasteiger partial charge in [-0.2, -0.15) is 0 Å². The van der Waals surface area contributed by atoms with E-state index in [4.69, 9.17) is 56.8 Å². The van der Waals surface area contributed by atoms with Gasteiger partial charge in [-0.1, -0.05) is 30.3 Å². The van der Waals surface area contributed by atoms with Crippen molar-refractivity contribution in [2.45, 2.75) is 20.0 Å². The first-order chi connectivity index (χ1) is 22.3. The highest BCUT2D eigenvalue weighted by Crippen LogP contribution is 2.00. The van der Waals surface area contributed by atoms with Gasteiger partial charge in [0.15, 0.2) is 0 Å². The summed E-state index contributed by atoms with van der Waals surface area (Å²) in [7, 11) is 0. The van der Waals surface area contributed by atoms with Crippen molar-refractivity contribution in [1.82, 2.24) is 0 Å². The minimum atomic E-state index is -0.250. The Balaban J connectivity index is 1.62. The van der Waals surface area contributed by atoms with Gasteiger partial charge in [0, 0.05) is 0 Å². The van der Waals surface area contributed by atoms with Crippen LogP contribution in [0.15, 0.2) is 30.3 Å². The van der Waals surface area contributed by atoms with Crippen molar-refractivity contribution in [3.8, 4) is 0 Å². The molecule has 0 atom stereocenters. The summed E-state index contributed by atoms with van der Waals surface area (Å²) in [6, 6.07) is 10.1. The number of esters is 1. The Kier molecular flexibility index (Phi) is 32.2. The summed E-state index contributed by atoms with van der Waals surface area (Å²) in [6.07, 6.45) is 0.257. The maximum atomic E-state index is 11.1. The fourth-order valence-electron chi connectivity index (χ4n) is 3.35. The molecule has 45 heavy (non-hydrogen) atoms. The first kappa shape index (κ1) is 41.3. The van der Waals surface area contributed by atoms with Crippen LogP contribution in [-0.4, -0.2) is 151 Å². The largest absolute Gasteiger partial charge is 0.466 e. The van der Waals surface area contributed by atoms with Crippen LogP contribution in [0.2, 0.25) is 0 Å². The monoisotopic (exact) mass is 648 g/mol.